The third-order valence-electron chi connectivity index (χ3n) is 6.10. The lowest BCUT2D eigenvalue weighted by Gasteiger charge is -2.33. The molecule has 0 amide bonds. The van der Waals surface area contributed by atoms with Crippen molar-refractivity contribution in [2.24, 2.45) is 0 Å². The predicted octanol–water partition coefficient (Wildman–Crippen LogP) is 2.69. The van der Waals surface area contributed by atoms with Gasteiger partial charge in [0, 0.05) is 24.2 Å². The first-order valence-corrected chi connectivity index (χ1v) is 11.1. The van der Waals surface area contributed by atoms with E-state index in [1.165, 1.54) is 17.7 Å². The summed E-state index contributed by atoms with van der Waals surface area (Å²) in [7, 11) is 0. The molecule has 9 heteroatoms. The molecule has 1 N–H and O–H groups in total. The summed E-state index contributed by atoms with van der Waals surface area (Å²) in [4.78, 5) is 18.5. The van der Waals surface area contributed by atoms with Crippen LogP contribution in [0.15, 0.2) is 53.3 Å². The number of fused-ring (bicyclic) bond motifs is 1. The lowest BCUT2D eigenvalue weighted by Crippen LogP contribution is -2.42. The second kappa shape index (κ2) is 9.21. The van der Waals surface area contributed by atoms with Gasteiger partial charge in [-0.25, -0.2) is 9.07 Å². The largest absolute Gasteiger partial charge is 0.379 e. The van der Waals surface area contributed by atoms with Crippen LogP contribution >= 0.6 is 0 Å². The van der Waals surface area contributed by atoms with E-state index in [0.29, 0.717) is 44.2 Å². The number of aromatic amines is 1. The van der Waals surface area contributed by atoms with E-state index in [-0.39, 0.29) is 11.4 Å². The van der Waals surface area contributed by atoms with Gasteiger partial charge < -0.3 is 9.72 Å². The quantitative estimate of drug-likeness (QED) is 0.488. The van der Waals surface area contributed by atoms with Crippen LogP contribution in [-0.4, -0.2) is 56.4 Å². The molecule has 2 aromatic carbocycles. The Balaban J connectivity index is 1.61. The summed E-state index contributed by atoms with van der Waals surface area (Å²) in [6.07, 6.45) is 0.910. The van der Waals surface area contributed by atoms with Crippen LogP contribution in [0.1, 0.15) is 35.5 Å². The van der Waals surface area contributed by atoms with Gasteiger partial charge in [-0.1, -0.05) is 25.1 Å². The molecular formula is C24H25FN6O2. The predicted molar refractivity (Wildman–Crippen MR) is 122 cm³/mol. The summed E-state index contributed by atoms with van der Waals surface area (Å²) in [6, 6.07) is 13.8. The number of aromatic nitrogens is 5. The van der Waals surface area contributed by atoms with Crippen LogP contribution in [-0.2, 0) is 17.7 Å². The highest BCUT2D eigenvalue weighted by Crippen LogP contribution is 2.28. The number of H-pyrrole nitrogens is 1. The highest BCUT2D eigenvalue weighted by Gasteiger charge is 2.31. The topological polar surface area (TPSA) is 88.9 Å². The molecule has 0 bridgehead atoms. The number of benzene rings is 2. The third kappa shape index (κ3) is 4.42. The van der Waals surface area contributed by atoms with Crippen LogP contribution in [0.2, 0.25) is 0 Å². The Morgan fingerprint density at radius 3 is 2.61 bits per heavy atom. The van der Waals surface area contributed by atoms with Gasteiger partial charge in [-0.3, -0.25) is 9.69 Å². The minimum atomic E-state index is -0.442. The van der Waals surface area contributed by atoms with Crippen molar-refractivity contribution in [1.29, 1.82) is 0 Å². The van der Waals surface area contributed by atoms with Crippen LogP contribution in [0.4, 0.5) is 4.39 Å². The van der Waals surface area contributed by atoms with E-state index < -0.39 is 6.04 Å². The first kappa shape index (κ1) is 21.4. The van der Waals surface area contributed by atoms with E-state index in [9.17, 15) is 9.18 Å². The number of hydrogen-bond donors (Lipinski definition) is 1. The van der Waals surface area contributed by atoms with Crippen molar-refractivity contribution in [3.8, 4) is 0 Å². The minimum absolute atomic E-state index is 0.167. The first-order chi connectivity index (χ1) is 16.1. The van der Waals surface area contributed by atoms with Crippen molar-refractivity contribution in [1.82, 2.24) is 30.1 Å². The summed E-state index contributed by atoms with van der Waals surface area (Å²) in [6.45, 7) is 4.92. The molecule has 0 saturated carbocycles. The molecule has 3 heterocycles. The monoisotopic (exact) mass is 448 g/mol. The molecule has 8 nitrogen and oxygen atoms in total. The molecule has 1 aliphatic rings. The van der Waals surface area contributed by atoms with E-state index in [2.05, 4.69) is 38.4 Å². The number of halogens is 1. The van der Waals surface area contributed by atoms with Crippen molar-refractivity contribution in [2.75, 3.05) is 26.3 Å². The Morgan fingerprint density at radius 2 is 1.85 bits per heavy atom. The molecule has 2 aromatic heterocycles. The Morgan fingerprint density at radius 1 is 1.09 bits per heavy atom. The normalized spacial score (nSPS) is 15.7. The van der Waals surface area contributed by atoms with E-state index in [0.717, 1.165) is 22.9 Å². The number of rotatable bonds is 6. The molecular weight excluding hydrogens is 423 g/mol. The molecule has 0 spiro atoms. The average molecular weight is 449 g/mol. The lowest BCUT2D eigenvalue weighted by molar-refractivity contribution is 0.0214. The van der Waals surface area contributed by atoms with Crippen molar-refractivity contribution >= 4 is 10.9 Å². The van der Waals surface area contributed by atoms with Gasteiger partial charge in [0.2, 0.25) is 0 Å². The minimum Gasteiger partial charge on any atom is -0.379 e. The van der Waals surface area contributed by atoms with E-state index >= 15 is 0 Å². The fourth-order valence-electron chi connectivity index (χ4n) is 4.31. The maximum Gasteiger partial charge on any atom is 0.253 e. The van der Waals surface area contributed by atoms with Crippen LogP contribution in [0.3, 0.4) is 0 Å². The molecule has 4 aromatic rings. The van der Waals surface area contributed by atoms with Gasteiger partial charge >= 0.3 is 0 Å². The van der Waals surface area contributed by atoms with Crippen molar-refractivity contribution in [3.05, 3.63) is 87.2 Å². The zero-order chi connectivity index (χ0) is 22.8. The van der Waals surface area contributed by atoms with Crippen LogP contribution in [0, 0.1) is 5.82 Å². The number of hydrogen-bond acceptors (Lipinski definition) is 6. The smallest absolute Gasteiger partial charge is 0.253 e. The summed E-state index contributed by atoms with van der Waals surface area (Å²) < 4.78 is 20.6. The molecule has 5 rings (SSSR count). The number of morpholine rings is 1. The molecule has 1 atom stereocenters. The number of nitrogens with zero attached hydrogens (tertiary/aromatic N) is 5. The molecule has 33 heavy (non-hydrogen) atoms. The van der Waals surface area contributed by atoms with Gasteiger partial charge in [0.1, 0.15) is 11.9 Å². The molecule has 1 saturated heterocycles. The Kier molecular flexibility index (Phi) is 5.97. The zero-order valence-corrected chi connectivity index (χ0v) is 18.4. The molecule has 170 valence electrons. The highest BCUT2D eigenvalue weighted by atomic mass is 19.1. The van der Waals surface area contributed by atoms with Crippen molar-refractivity contribution in [2.45, 2.75) is 25.9 Å². The van der Waals surface area contributed by atoms with Gasteiger partial charge in [0.05, 0.1) is 19.8 Å². The van der Waals surface area contributed by atoms with Gasteiger partial charge in [-0.15, -0.1) is 5.10 Å². The highest BCUT2D eigenvalue weighted by molar-refractivity contribution is 5.80. The Labute approximate surface area is 190 Å². The second-order valence-corrected chi connectivity index (χ2v) is 8.20. The van der Waals surface area contributed by atoms with Crippen LogP contribution in [0.5, 0.6) is 0 Å². The number of aryl methyl sites for hydroxylation is 1. The van der Waals surface area contributed by atoms with E-state index in [4.69, 9.17) is 4.74 Å². The fraction of sp³-hybridized carbons (Fsp3) is 0.333. The van der Waals surface area contributed by atoms with Gasteiger partial charge in [0.25, 0.3) is 5.56 Å². The summed E-state index contributed by atoms with van der Waals surface area (Å²) in [5.41, 5.74) is 3.29. The maximum absolute atomic E-state index is 13.4. The van der Waals surface area contributed by atoms with Gasteiger partial charge in [-0.2, -0.15) is 0 Å². The standard InChI is InChI=1S/C24H25FN6O2/c1-2-16-5-8-21-18(13-16)14-20(24(32)26-21)22(30-9-11-33-12-10-30)23-27-28-29-31(23)15-17-3-6-19(25)7-4-17/h3-8,13-14,22H,2,9-12,15H2,1H3,(H,26,32)/t22-/m1/s1. The number of nitrogens with one attached hydrogen (secondary N) is 1. The molecule has 1 fully saturated rings. The van der Waals surface area contributed by atoms with Gasteiger partial charge in [-0.05, 0) is 63.7 Å². The van der Waals surface area contributed by atoms with E-state index in [1.54, 1.807) is 16.8 Å². The SMILES string of the molecule is CCc1ccc2[nH]c(=O)c([C@H](c3nnnn3Cc3ccc(F)cc3)N3CCOCC3)cc2c1. The third-order valence-corrected chi connectivity index (χ3v) is 6.10. The fourth-order valence-corrected chi connectivity index (χ4v) is 4.31. The number of ether oxygens (including phenoxy) is 1. The summed E-state index contributed by atoms with van der Waals surface area (Å²) in [5.74, 6) is 0.272. The molecule has 0 unspecified atom stereocenters. The second-order valence-electron chi connectivity index (χ2n) is 8.20. The zero-order valence-electron chi connectivity index (χ0n) is 18.4. The lowest BCUT2D eigenvalue weighted by atomic mass is 10.0. The first-order valence-electron chi connectivity index (χ1n) is 11.1. The molecule has 1 aliphatic heterocycles. The maximum atomic E-state index is 13.4. The van der Waals surface area contributed by atoms with Crippen molar-refractivity contribution < 1.29 is 9.13 Å². The number of tetrazole rings is 1. The molecule has 0 aliphatic carbocycles. The summed E-state index contributed by atoms with van der Waals surface area (Å²) >= 11 is 0. The van der Waals surface area contributed by atoms with Crippen LogP contribution < -0.4 is 5.56 Å². The summed E-state index contributed by atoms with van der Waals surface area (Å²) in [5, 5.41) is 13.4. The van der Waals surface area contributed by atoms with Gasteiger partial charge in [0.15, 0.2) is 5.82 Å². The van der Waals surface area contributed by atoms with Crippen LogP contribution in [0.25, 0.3) is 10.9 Å². The van der Waals surface area contributed by atoms with Crippen molar-refractivity contribution in [3.63, 3.8) is 0 Å². The Hall–Kier alpha value is -3.43. The number of pyridine rings is 1. The average Bonchev–Trinajstić information content (AvgIpc) is 3.29. The van der Waals surface area contributed by atoms with E-state index in [1.807, 2.05) is 18.2 Å². The Bertz CT molecular complexity index is 1310. The molecule has 0 radical (unpaired) electrons.